The Morgan fingerprint density at radius 1 is 0.289 bits per heavy atom. The van der Waals surface area contributed by atoms with Crippen molar-refractivity contribution in [3.05, 3.63) is 235 Å². The lowest BCUT2D eigenvalue weighted by Gasteiger charge is -2.34. The third kappa shape index (κ3) is 17.0. The maximum atomic E-state index is 12.5. The normalized spacial score (nSPS) is 13.1. The van der Waals surface area contributed by atoms with Crippen molar-refractivity contribution in [2.24, 2.45) is 0 Å². The third-order valence-electron chi connectivity index (χ3n) is 17.4. The highest BCUT2D eigenvalue weighted by Gasteiger charge is 2.35. The number of ether oxygens (including phenoxy) is 1. The molecule has 3 N–H and O–H groups in total. The van der Waals surface area contributed by atoms with Crippen LogP contribution in [0.25, 0.3) is 0 Å². The second-order valence-electron chi connectivity index (χ2n) is 33.5. The summed E-state index contributed by atoms with van der Waals surface area (Å²) in [6, 6.07) is 53.6. The lowest BCUT2D eigenvalue weighted by Crippen LogP contribution is -2.30. The molecular formula is C84H106O4S2. The number of hydrogen-bond acceptors (Lipinski definition) is 6. The minimum Gasteiger partial charge on any atom is -0.507 e. The van der Waals surface area contributed by atoms with Gasteiger partial charge < -0.3 is 20.1 Å². The van der Waals surface area contributed by atoms with E-state index in [1.807, 2.05) is 0 Å². The molecule has 90 heavy (non-hydrogen) atoms. The summed E-state index contributed by atoms with van der Waals surface area (Å²) in [4.78, 5) is 4.78. The zero-order valence-electron chi connectivity index (χ0n) is 59.0. The minimum absolute atomic E-state index is 0.167. The SMILES string of the molecule is CC(C)(C)c1cc(Cc2ccc(Sc3ccc(Cc4cc(C(C)(C)C)c(OCC(C)(C)c5cc(Cc6cc(Cc7cc(C(C)(C)C)c(O)c(C(C)(C)C)c7)ccc6Sc6ccccc6)cc(C(C)(C)C)c5O)c(C(C)(C)C)c4)cc3)cc2)cc(C(C)(C)C)c1O. The van der Waals surface area contributed by atoms with Crippen molar-refractivity contribution in [1.82, 2.24) is 0 Å². The molecule has 0 unspecified atom stereocenters. The molecule has 0 fully saturated rings. The Morgan fingerprint density at radius 3 is 0.956 bits per heavy atom. The van der Waals surface area contributed by atoms with Gasteiger partial charge >= 0.3 is 0 Å². The van der Waals surface area contributed by atoms with E-state index in [1.165, 1.54) is 69.7 Å². The maximum Gasteiger partial charge on any atom is 0.126 e. The van der Waals surface area contributed by atoms with Crippen LogP contribution in [0.3, 0.4) is 0 Å². The summed E-state index contributed by atoms with van der Waals surface area (Å²) in [6.45, 7) is 51.2. The summed E-state index contributed by atoms with van der Waals surface area (Å²) >= 11 is 3.58. The summed E-state index contributed by atoms with van der Waals surface area (Å²) in [5.74, 6) is 2.09. The first-order chi connectivity index (χ1) is 41.4. The second kappa shape index (κ2) is 26.0. The summed E-state index contributed by atoms with van der Waals surface area (Å²) in [6.07, 6.45) is 3.00. The van der Waals surface area contributed by atoms with Gasteiger partial charge in [-0.05, 0) is 178 Å². The van der Waals surface area contributed by atoms with Crippen molar-refractivity contribution < 1.29 is 20.1 Å². The van der Waals surface area contributed by atoms with E-state index in [-0.39, 0.29) is 37.9 Å². The van der Waals surface area contributed by atoms with E-state index in [1.54, 1.807) is 23.5 Å². The van der Waals surface area contributed by atoms with Gasteiger partial charge in [-0.3, -0.25) is 0 Å². The minimum atomic E-state index is -0.594. The predicted octanol–water partition coefficient (Wildman–Crippen LogP) is 22.9. The molecule has 0 radical (unpaired) electrons. The molecule has 0 aliphatic heterocycles. The van der Waals surface area contributed by atoms with Crippen LogP contribution in [-0.2, 0) is 69.0 Å². The van der Waals surface area contributed by atoms with Crippen LogP contribution in [0, 0.1) is 0 Å². The molecular weight excluding hydrogens is 1140 g/mol. The quantitative estimate of drug-likeness (QED) is 0.0896. The van der Waals surface area contributed by atoms with E-state index in [0.29, 0.717) is 30.3 Å². The van der Waals surface area contributed by atoms with Gasteiger partial charge in [0.2, 0.25) is 0 Å². The summed E-state index contributed by atoms with van der Waals surface area (Å²) < 4.78 is 7.31. The molecule has 478 valence electrons. The monoisotopic (exact) mass is 1240 g/mol. The van der Waals surface area contributed by atoms with Crippen LogP contribution >= 0.6 is 23.5 Å². The Morgan fingerprint density at radius 2 is 0.589 bits per heavy atom. The van der Waals surface area contributed by atoms with E-state index in [4.69, 9.17) is 4.74 Å². The van der Waals surface area contributed by atoms with Crippen LogP contribution in [0.2, 0.25) is 0 Å². The molecule has 8 aromatic carbocycles. The third-order valence-corrected chi connectivity index (χ3v) is 19.6. The summed E-state index contributed by atoms with van der Waals surface area (Å²) in [5, 5.41) is 35.5. The van der Waals surface area contributed by atoms with Crippen molar-refractivity contribution in [3.8, 4) is 23.0 Å². The molecule has 0 spiro atoms. The fourth-order valence-electron chi connectivity index (χ4n) is 12.2. The van der Waals surface area contributed by atoms with Crippen molar-refractivity contribution >= 4 is 23.5 Å². The molecule has 0 aliphatic rings. The van der Waals surface area contributed by atoms with Gasteiger partial charge in [-0.2, -0.15) is 0 Å². The van der Waals surface area contributed by atoms with Crippen molar-refractivity contribution in [2.75, 3.05) is 6.61 Å². The smallest absolute Gasteiger partial charge is 0.126 e. The first-order valence-electron chi connectivity index (χ1n) is 32.6. The van der Waals surface area contributed by atoms with Gasteiger partial charge in [0, 0.05) is 41.7 Å². The van der Waals surface area contributed by atoms with Gasteiger partial charge in [-0.25, -0.2) is 0 Å². The molecule has 0 bridgehead atoms. The lowest BCUT2D eigenvalue weighted by atomic mass is 9.76. The molecule has 0 heterocycles. The standard InChI is InChI=1S/C84H106O4S2/c1-77(2,3)64-44-56(45-65(73(64)85)78(4,5)6)39-53-29-34-62(35-30-53)89-63-36-31-54(32-37-63)40-57-50-70(82(16,17)18)76(71(51-57)83(19,20)21)88-52-84(22,23)69-49-59(48-68(75(69)87)81(13,14)15)43-60-42-55(33-38-72(60)90-61-27-25-24-26-28-61)41-58-46-66(79(7,8)9)74(86)67(47-58)80(10,11)12/h24-38,42,44-51,85-87H,39-41,43,52H2,1-23H3. The number of aromatic hydroxyl groups is 3. The Labute approximate surface area is 552 Å². The highest BCUT2D eigenvalue weighted by atomic mass is 32.2. The summed E-state index contributed by atoms with van der Waals surface area (Å²) in [7, 11) is 0. The molecule has 6 heteroatoms. The van der Waals surface area contributed by atoms with Gasteiger partial charge in [0.15, 0.2) is 0 Å². The fraction of sp³-hybridized carbons (Fsp3) is 0.429. The van der Waals surface area contributed by atoms with E-state index in [9.17, 15) is 15.3 Å². The van der Waals surface area contributed by atoms with E-state index < -0.39 is 5.41 Å². The van der Waals surface area contributed by atoms with Crippen molar-refractivity contribution in [3.63, 3.8) is 0 Å². The van der Waals surface area contributed by atoms with Crippen LogP contribution in [0.1, 0.15) is 248 Å². The number of hydrogen-bond donors (Lipinski definition) is 3. The van der Waals surface area contributed by atoms with Crippen LogP contribution in [0.5, 0.6) is 23.0 Å². The van der Waals surface area contributed by atoms with E-state index in [0.717, 1.165) is 64.0 Å². The van der Waals surface area contributed by atoms with Gasteiger partial charge in [0.25, 0.3) is 0 Å². The van der Waals surface area contributed by atoms with Gasteiger partial charge in [-0.1, -0.05) is 286 Å². The van der Waals surface area contributed by atoms with Gasteiger partial charge in [0.05, 0.1) is 6.61 Å². The Kier molecular flexibility index (Phi) is 20.1. The van der Waals surface area contributed by atoms with Crippen LogP contribution in [-0.4, -0.2) is 21.9 Å². The first-order valence-corrected chi connectivity index (χ1v) is 34.2. The highest BCUT2D eigenvalue weighted by molar-refractivity contribution is 7.99. The van der Waals surface area contributed by atoms with E-state index in [2.05, 4.69) is 305 Å². The van der Waals surface area contributed by atoms with Gasteiger partial charge in [0.1, 0.15) is 23.0 Å². The van der Waals surface area contributed by atoms with Crippen LogP contribution < -0.4 is 4.74 Å². The number of benzene rings is 8. The lowest BCUT2D eigenvalue weighted by molar-refractivity contribution is 0.227. The number of phenolic OH excluding ortho intramolecular Hbond substituents is 3. The Hall–Kier alpha value is -6.34. The number of rotatable bonds is 16. The molecule has 0 aliphatic carbocycles. The second-order valence-corrected chi connectivity index (χ2v) is 35.8. The van der Waals surface area contributed by atoms with Crippen molar-refractivity contribution in [2.45, 2.75) is 248 Å². The molecule has 8 aromatic rings. The van der Waals surface area contributed by atoms with Crippen molar-refractivity contribution in [1.29, 1.82) is 0 Å². The average Bonchev–Trinajstić information content (AvgIpc) is 0.830. The Bertz CT molecular complexity index is 3730. The van der Waals surface area contributed by atoms with Crippen LogP contribution in [0.4, 0.5) is 0 Å². The molecule has 0 saturated carbocycles. The molecule has 0 aromatic heterocycles. The fourth-order valence-corrected chi connectivity index (χ4v) is 13.9. The maximum absolute atomic E-state index is 12.5. The van der Waals surface area contributed by atoms with Gasteiger partial charge in [-0.15, -0.1) is 0 Å². The average molecular weight is 1240 g/mol. The van der Waals surface area contributed by atoms with E-state index >= 15 is 0 Å². The molecule has 8 rings (SSSR count). The predicted molar refractivity (Wildman–Crippen MR) is 385 cm³/mol. The summed E-state index contributed by atoms with van der Waals surface area (Å²) in [5.41, 5.74) is 15.7. The Balaban J connectivity index is 1.06. The molecule has 0 atom stereocenters. The molecule has 0 saturated heterocycles. The van der Waals surface area contributed by atoms with Crippen LogP contribution in [0.15, 0.2) is 165 Å². The topological polar surface area (TPSA) is 69.9 Å². The first kappa shape index (κ1) is 69.5. The zero-order chi connectivity index (χ0) is 66.5. The molecule has 4 nitrogen and oxygen atoms in total. The number of phenols is 3. The molecule has 0 amide bonds. The highest BCUT2D eigenvalue weighted by Crippen LogP contribution is 2.47. The largest absolute Gasteiger partial charge is 0.507 e. The zero-order valence-corrected chi connectivity index (χ0v) is 60.6.